The lowest BCUT2D eigenvalue weighted by Gasteiger charge is -2.06. The van der Waals surface area contributed by atoms with Gasteiger partial charge in [0, 0.05) is 0 Å². The third-order valence-corrected chi connectivity index (χ3v) is 3.93. The van der Waals surface area contributed by atoms with E-state index < -0.39 is 11.9 Å². The molecular formula is C13H15N3O4S. The van der Waals surface area contributed by atoms with Crippen molar-refractivity contribution in [1.29, 1.82) is 0 Å². The van der Waals surface area contributed by atoms with Gasteiger partial charge in [-0.25, -0.2) is 9.78 Å². The number of hydrogen-bond acceptors (Lipinski definition) is 7. The Bertz CT molecular complexity index is 696. The maximum atomic E-state index is 12.0. The highest BCUT2D eigenvalue weighted by Crippen LogP contribution is 2.32. The summed E-state index contributed by atoms with van der Waals surface area (Å²) in [5, 5.41) is 12.7. The molecule has 8 heteroatoms. The summed E-state index contributed by atoms with van der Waals surface area (Å²) in [4.78, 5) is 31.9. The summed E-state index contributed by atoms with van der Waals surface area (Å²) in [6.07, 6.45) is 1.13. The van der Waals surface area contributed by atoms with Gasteiger partial charge in [-0.2, -0.15) is 4.98 Å². The van der Waals surface area contributed by atoms with E-state index in [1.165, 1.54) is 23.0 Å². The van der Waals surface area contributed by atoms with Gasteiger partial charge >= 0.3 is 5.97 Å². The SMILES string of the molecule is Cc1c(C(=O)OC(C)C)sc2ncnc([NH2+]CC(=O)[O-])c12. The number of thiophene rings is 1. The summed E-state index contributed by atoms with van der Waals surface area (Å²) < 4.78 is 5.19. The molecule has 112 valence electrons. The van der Waals surface area contributed by atoms with Gasteiger partial charge < -0.3 is 14.6 Å². The second-order valence-corrected chi connectivity index (χ2v) is 5.73. The average Bonchev–Trinajstić information content (AvgIpc) is 2.74. The van der Waals surface area contributed by atoms with Crippen LogP contribution in [0.3, 0.4) is 0 Å². The highest BCUT2D eigenvalue weighted by Gasteiger charge is 2.22. The molecule has 0 bridgehead atoms. The van der Waals surface area contributed by atoms with Crippen molar-refractivity contribution in [2.24, 2.45) is 0 Å². The fraction of sp³-hybridized carbons (Fsp3) is 0.385. The minimum atomic E-state index is -1.19. The molecular weight excluding hydrogens is 294 g/mol. The summed E-state index contributed by atoms with van der Waals surface area (Å²) in [6.45, 7) is 5.08. The van der Waals surface area contributed by atoms with Crippen molar-refractivity contribution in [3.05, 3.63) is 16.8 Å². The zero-order valence-electron chi connectivity index (χ0n) is 11.9. The number of aliphatic carboxylic acids is 1. The molecule has 0 saturated heterocycles. The van der Waals surface area contributed by atoms with Gasteiger partial charge in [0.2, 0.25) is 5.82 Å². The highest BCUT2D eigenvalue weighted by atomic mass is 32.1. The van der Waals surface area contributed by atoms with Crippen molar-refractivity contribution in [3.8, 4) is 0 Å². The number of aromatic nitrogens is 2. The van der Waals surface area contributed by atoms with Crippen molar-refractivity contribution >= 4 is 39.3 Å². The molecule has 0 radical (unpaired) electrons. The molecule has 0 saturated carbocycles. The maximum Gasteiger partial charge on any atom is 0.348 e. The van der Waals surface area contributed by atoms with E-state index in [1.54, 1.807) is 20.8 Å². The molecule has 2 aromatic heterocycles. The van der Waals surface area contributed by atoms with Crippen LogP contribution in [0.25, 0.3) is 10.2 Å². The van der Waals surface area contributed by atoms with Crippen LogP contribution >= 0.6 is 11.3 Å². The minimum absolute atomic E-state index is 0.211. The van der Waals surface area contributed by atoms with Crippen LogP contribution in [-0.4, -0.2) is 34.6 Å². The van der Waals surface area contributed by atoms with Gasteiger partial charge in [0.25, 0.3) is 0 Å². The first-order valence-corrected chi connectivity index (χ1v) is 7.20. The molecule has 0 aromatic carbocycles. The second-order valence-electron chi connectivity index (χ2n) is 4.73. The number of quaternary nitrogens is 1. The van der Waals surface area contributed by atoms with Crippen LogP contribution in [0, 0.1) is 6.92 Å². The standard InChI is InChI=1S/C13H15N3O4S/c1-6(2)20-13(19)10-7(3)9-11(14-4-8(17)18)15-5-16-12(9)21-10/h5-6H,4H2,1-3H3,(H,17,18)(H,14,15,16). The Balaban J connectivity index is 2.43. The molecule has 0 fully saturated rings. The van der Waals surface area contributed by atoms with Crippen LogP contribution in [-0.2, 0) is 9.53 Å². The summed E-state index contributed by atoms with van der Waals surface area (Å²) in [7, 11) is 0. The van der Waals surface area contributed by atoms with E-state index in [0.29, 0.717) is 26.5 Å². The molecule has 0 aliphatic carbocycles. The largest absolute Gasteiger partial charge is 0.544 e. The van der Waals surface area contributed by atoms with Gasteiger partial charge in [0.1, 0.15) is 22.6 Å². The molecule has 0 unspecified atom stereocenters. The number of fused-ring (bicyclic) bond motifs is 1. The Hall–Kier alpha value is -2.06. The average molecular weight is 309 g/mol. The number of carboxylic acids is 1. The summed E-state index contributed by atoms with van der Waals surface area (Å²) in [6, 6.07) is 0. The number of hydrogen-bond donors (Lipinski definition) is 1. The van der Waals surface area contributed by atoms with E-state index in [1.807, 2.05) is 0 Å². The molecule has 0 spiro atoms. The predicted molar refractivity (Wildman–Crippen MR) is 74.2 cm³/mol. The number of nitrogens with zero attached hydrogens (tertiary/aromatic N) is 2. The first-order chi connectivity index (χ1) is 9.90. The molecule has 0 aliphatic rings. The molecule has 0 aliphatic heterocycles. The van der Waals surface area contributed by atoms with Crippen molar-refractivity contribution in [2.75, 3.05) is 6.54 Å². The zero-order chi connectivity index (χ0) is 15.6. The van der Waals surface area contributed by atoms with Gasteiger partial charge in [0.05, 0.1) is 17.5 Å². The Kier molecular flexibility index (Phi) is 4.49. The third kappa shape index (κ3) is 3.34. The first kappa shape index (κ1) is 15.3. The third-order valence-electron chi connectivity index (χ3n) is 2.75. The molecule has 2 heterocycles. The van der Waals surface area contributed by atoms with E-state index in [2.05, 4.69) is 9.97 Å². The zero-order valence-corrected chi connectivity index (χ0v) is 12.7. The summed E-state index contributed by atoms with van der Waals surface area (Å²) in [5.74, 6) is -1.10. The van der Waals surface area contributed by atoms with Gasteiger partial charge in [-0.15, -0.1) is 11.3 Å². The minimum Gasteiger partial charge on any atom is -0.544 e. The summed E-state index contributed by atoms with van der Waals surface area (Å²) >= 11 is 1.21. The Morgan fingerprint density at radius 1 is 1.43 bits per heavy atom. The number of ether oxygens (including phenoxy) is 1. The predicted octanol–water partition coefficient (Wildman–Crippen LogP) is -0.490. The topological polar surface area (TPSA) is 109 Å². The van der Waals surface area contributed by atoms with Crippen LogP contribution in [0.15, 0.2) is 6.33 Å². The molecule has 7 nitrogen and oxygen atoms in total. The fourth-order valence-electron chi connectivity index (χ4n) is 1.90. The van der Waals surface area contributed by atoms with E-state index in [9.17, 15) is 14.7 Å². The molecule has 2 aromatic rings. The van der Waals surface area contributed by atoms with Crippen molar-refractivity contribution < 1.29 is 24.7 Å². The second kappa shape index (κ2) is 6.15. The normalized spacial score (nSPS) is 11.0. The molecule has 0 atom stereocenters. The number of rotatable bonds is 5. The maximum absolute atomic E-state index is 12.0. The number of nitrogens with two attached hydrogens (primary N) is 1. The number of aryl methyl sites for hydroxylation is 1. The van der Waals surface area contributed by atoms with Gasteiger partial charge in [-0.3, -0.25) is 5.32 Å². The van der Waals surface area contributed by atoms with E-state index in [0.717, 1.165) is 0 Å². The number of carbonyl (C=O) groups excluding carboxylic acids is 2. The monoisotopic (exact) mass is 309 g/mol. The molecule has 2 N–H and O–H groups in total. The van der Waals surface area contributed by atoms with Crippen LogP contribution in [0.2, 0.25) is 0 Å². The number of esters is 1. The van der Waals surface area contributed by atoms with Crippen LogP contribution < -0.4 is 10.4 Å². The van der Waals surface area contributed by atoms with Crippen LogP contribution in [0.1, 0.15) is 29.1 Å². The quantitative estimate of drug-likeness (QED) is 0.747. The van der Waals surface area contributed by atoms with E-state index in [-0.39, 0.29) is 12.6 Å². The molecule has 21 heavy (non-hydrogen) atoms. The highest BCUT2D eigenvalue weighted by molar-refractivity contribution is 7.20. The smallest absolute Gasteiger partial charge is 0.348 e. The van der Waals surface area contributed by atoms with Crippen LogP contribution in [0.5, 0.6) is 0 Å². The lowest BCUT2D eigenvalue weighted by molar-refractivity contribution is -0.571. The Labute approximate surface area is 125 Å². The number of carboxylic acid groups (broad SMARTS) is 1. The van der Waals surface area contributed by atoms with Gasteiger partial charge in [-0.05, 0) is 26.3 Å². The van der Waals surface area contributed by atoms with Crippen molar-refractivity contribution in [1.82, 2.24) is 9.97 Å². The summed E-state index contributed by atoms with van der Waals surface area (Å²) in [5.41, 5.74) is 0.700. The Morgan fingerprint density at radius 3 is 2.76 bits per heavy atom. The lowest BCUT2D eigenvalue weighted by Crippen LogP contribution is -2.81. The van der Waals surface area contributed by atoms with Crippen molar-refractivity contribution in [3.63, 3.8) is 0 Å². The first-order valence-electron chi connectivity index (χ1n) is 6.38. The molecule has 0 amide bonds. The van der Waals surface area contributed by atoms with E-state index >= 15 is 0 Å². The fourth-order valence-corrected chi connectivity index (χ4v) is 2.94. The van der Waals surface area contributed by atoms with Gasteiger partial charge in [-0.1, -0.05) is 0 Å². The van der Waals surface area contributed by atoms with Crippen LogP contribution in [0.4, 0.5) is 5.82 Å². The van der Waals surface area contributed by atoms with Crippen molar-refractivity contribution in [2.45, 2.75) is 26.9 Å². The lowest BCUT2D eigenvalue weighted by atomic mass is 10.2. The van der Waals surface area contributed by atoms with Gasteiger partial charge in [0.15, 0.2) is 0 Å². The Morgan fingerprint density at radius 2 is 2.14 bits per heavy atom. The number of carbonyl (C=O) groups is 2. The molecule has 2 rings (SSSR count). The van der Waals surface area contributed by atoms with E-state index in [4.69, 9.17) is 4.74 Å².